The summed E-state index contributed by atoms with van der Waals surface area (Å²) in [5, 5.41) is 5.86. The molecule has 2 unspecified atom stereocenters. The monoisotopic (exact) mass is 378 g/mol. The van der Waals surface area contributed by atoms with Crippen LogP contribution in [-0.2, 0) is 4.79 Å². The smallest absolute Gasteiger partial charge is 0.252 e. The number of carbonyl (C=O) groups is 2. The molecule has 0 aromatic heterocycles. The molecule has 6 nitrogen and oxygen atoms in total. The molecule has 0 aliphatic carbocycles. The van der Waals surface area contributed by atoms with Crippen LogP contribution in [0.15, 0.2) is 18.2 Å². The highest BCUT2D eigenvalue weighted by atomic mass is 16.5. The maximum absolute atomic E-state index is 12.7. The van der Waals surface area contributed by atoms with E-state index in [0.29, 0.717) is 23.0 Å². The summed E-state index contributed by atoms with van der Waals surface area (Å²) in [6.07, 6.45) is 1.96. The molecule has 0 fully saturated rings. The Morgan fingerprint density at radius 1 is 0.889 bits per heavy atom. The van der Waals surface area contributed by atoms with Crippen LogP contribution >= 0.6 is 0 Å². The predicted octanol–water partition coefficient (Wildman–Crippen LogP) is 3.40. The molecule has 0 bridgehead atoms. The van der Waals surface area contributed by atoms with E-state index in [2.05, 4.69) is 24.5 Å². The third-order valence-electron chi connectivity index (χ3n) is 4.42. The third-order valence-corrected chi connectivity index (χ3v) is 4.42. The van der Waals surface area contributed by atoms with Gasteiger partial charge in [-0.05, 0) is 43.7 Å². The first kappa shape index (κ1) is 22.8. The Labute approximate surface area is 163 Å². The highest BCUT2D eigenvalue weighted by Crippen LogP contribution is 2.22. The van der Waals surface area contributed by atoms with Crippen LogP contribution in [0.4, 0.5) is 0 Å². The summed E-state index contributed by atoms with van der Waals surface area (Å²) in [4.78, 5) is 25.4. The molecular weight excluding hydrogens is 344 g/mol. The summed E-state index contributed by atoms with van der Waals surface area (Å²) in [6, 6.07) is 4.39. The topological polar surface area (TPSA) is 76.7 Å². The van der Waals surface area contributed by atoms with Gasteiger partial charge in [0.25, 0.3) is 5.91 Å². The van der Waals surface area contributed by atoms with Gasteiger partial charge < -0.3 is 20.1 Å². The number of amides is 2. The third kappa shape index (κ3) is 7.49. The van der Waals surface area contributed by atoms with Gasteiger partial charge in [0.1, 0.15) is 17.5 Å². The molecule has 0 spiro atoms. The van der Waals surface area contributed by atoms with Crippen LogP contribution in [0, 0.1) is 11.8 Å². The number of nitrogens with one attached hydrogen (secondary N) is 2. The van der Waals surface area contributed by atoms with Gasteiger partial charge >= 0.3 is 0 Å². The maximum atomic E-state index is 12.7. The van der Waals surface area contributed by atoms with Crippen LogP contribution in [0.25, 0.3) is 0 Å². The quantitative estimate of drug-likeness (QED) is 0.654. The van der Waals surface area contributed by atoms with E-state index in [1.165, 1.54) is 14.2 Å². The van der Waals surface area contributed by atoms with E-state index < -0.39 is 6.04 Å². The molecule has 0 saturated heterocycles. The van der Waals surface area contributed by atoms with E-state index in [4.69, 9.17) is 9.47 Å². The Morgan fingerprint density at radius 3 is 1.89 bits per heavy atom. The normalized spacial score (nSPS) is 13.2. The number of hydrogen-bond donors (Lipinski definition) is 2. The number of ether oxygens (including phenoxy) is 2. The standard InChI is InChI=1S/C21H34N2O4/c1-13(2)8-9-15(5)22-21(25)19(14(3)4)23-20(24)16-10-17(26-6)12-18(11-16)27-7/h10-15,19H,8-9H2,1-7H3,(H,22,25)(H,23,24). The fourth-order valence-electron chi connectivity index (χ4n) is 2.69. The average molecular weight is 379 g/mol. The van der Waals surface area contributed by atoms with Gasteiger partial charge in [0.15, 0.2) is 0 Å². The molecule has 0 heterocycles. The van der Waals surface area contributed by atoms with Crippen molar-refractivity contribution in [3.8, 4) is 11.5 Å². The van der Waals surface area contributed by atoms with Crippen molar-refractivity contribution in [1.29, 1.82) is 0 Å². The van der Waals surface area contributed by atoms with Crippen molar-refractivity contribution < 1.29 is 19.1 Å². The van der Waals surface area contributed by atoms with Crippen LogP contribution in [0.1, 0.15) is 57.8 Å². The summed E-state index contributed by atoms with van der Waals surface area (Å²) in [7, 11) is 3.05. The highest BCUT2D eigenvalue weighted by molar-refractivity contribution is 5.98. The second-order valence-electron chi connectivity index (χ2n) is 7.68. The van der Waals surface area contributed by atoms with Crippen molar-refractivity contribution >= 4 is 11.8 Å². The lowest BCUT2D eigenvalue weighted by Gasteiger charge is -2.24. The molecule has 0 aliphatic heterocycles. The molecule has 152 valence electrons. The van der Waals surface area contributed by atoms with Gasteiger partial charge in [-0.3, -0.25) is 9.59 Å². The van der Waals surface area contributed by atoms with Gasteiger partial charge in [-0.15, -0.1) is 0 Å². The minimum absolute atomic E-state index is 0.0428. The first-order valence-corrected chi connectivity index (χ1v) is 9.52. The summed E-state index contributed by atoms with van der Waals surface area (Å²) in [5.74, 6) is 1.09. The first-order chi connectivity index (χ1) is 12.7. The van der Waals surface area contributed by atoms with Gasteiger partial charge in [0.2, 0.25) is 5.91 Å². The molecule has 0 radical (unpaired) electrons. The van der Waals surface area contributed by atoms with E-state index in [1.54, 1.807) is 18.2 Å². The second kappa shape index (κ2) is 10.8. The zero-order valence-corrected chi connectivity index (χ0v) is 17.6. The van der Waals surface area contributed by atoms with Gasteiger partial charge in [-0.25, -0.2) is 0 Å². The molecule has 2 atom stereocenters. The van der Waals surface area contributed by atoms with Gasteiger partial charge in [-0.2, -0.15) is 0 Å². The minimum Gasteiger partial charge on any atom is -0.497 e. The summed E-state index contributed by atoms with van der Waals surface area (Å²) >= 11 is 0. The van der Waals surface area contributed by atoms with E-state index in [1.807, 2.05) is 20.8 Å². The zero-order valence-electron chi connectivity index (χ0n) is 17.6. The van der Waals surface area contributed by atoms with Crippen molar-refractivity contribution in [1.82, 2.24) is 10.6 Å². The molecule has 0 saturated carbocycles. The fraction of sp³-hybridized carbons (Fsp3) is 0.619. The Hall–Kier alpha value is -2.24. The van der Waals surface area contributed by atoms with Crippen LogP contribution in [0.5, 0.6) is 11.5 Å². The van der Waals surface area contributed by atoms with Crippen molar-refractivity contribution in [3.05, 3.63) is 23.8 Å². The van der Waals surface area contributed by atoms with Crippen LogP contribution < -0.4 is 20.1 Å². The molecule has 27 heavy (non-hydrogen) atoms. The van der Waals surface area contributed by atoms with Gasteiger partial charge in [0.05, 0.1) is 14.2 Å². The predicted molar refractivity (Wildman–Crippen MR) is 107 cm³/mol. The van der Waals surface area contributed by atoms with E-state index in [-0.39, 0.29) is 23.8 Å². The van der Waals surface area contributed by atoms with Crippen LogP contribution in [0.2, 0.25) is 0 Å². The Bertz CT molecular complexity index is 606. The largest absolute Gasteiger partial charge is 0.497 e. The highest BCUT2D eigenvalue weighted by Gasteiger charge is 2.26. The Kier molecular flexibility index (Phi) is 9.12. The lowest BCUT2D eigenvalue weighted by atomic mass is 10.0. The van der Waals surface area contributed by atoms with Gasteiger partial charge in [0, 0.05) is 17.7 Å². The molecule has 0 aliphatic rings. The van der Waals surface area contributed by atoms with Crippen LogP contribution in [-0.4, -0.2) is 38.1 Å². The molecule has 1 aromatic rings. The average Bonchev–Trinajstić information content (AvgIpc) is 2.63. The molecule has 2 N–H and O–H groups in total. The van der Waals surface area contributed by atoms with Crippen molar-refractivity contribution in [3.63, 3.8) is 0 Å². The summed E-state index contributed by atoms with van der Waals surface area (Å²) in [6.45, 7) is 10.1. The molecule has 6 heteroatoms. The summed E-state index contributed by atoms with van der Waals surface area (Å²) < 4.78 is 10.4. The number of benzene rings is 1. The lowest BCUT2D eigenvalue weighted by molar-refractivity contribution is -0.124. The van der Waals surface area contributed by atoms with Crippen molar-refractivity contribution in [2.24, 2.45) is 11.8 Å². The molecular formula is C21H34N2O4. The van der Waals surface area contributed by atoms with Gasteiger partial charge in [-0.1, -0.05) is 27.7 Å². The number of rotatable bonds is 10. The van der Waals surface area contributed by atoms with E-state index >= 15 is 0 Å². The second-order valence-corrected chi connectivity index (χ2v) is 7.68. The fourth-order valence-corrected chi connectivity index (χ4v) is 2.69. The Balaban J connectivity index is 2.84. The number of carbonyl (C=O) groups excluding carboxylic acids is 2. The number of hydrogen-bond acceptors (Lipinski definition) is 4. The lowest BCUT2D eigenvalue weighted by Crippen LogP contribution is -2.51. The first-order valence-electron chi connectivity index (χ1n) is 9.52. The minimum atomic E-state index is -0.615. The maximum Gasteiger partial charge on any atom is 0.252 e. The van der Waals surface area contributed by atoms with Crippen LogP contribution in [0.3, 0.4) is 0 Å². The zero-order chi connectivity index (χ0) is 20.6. The molecule has 2 amide bonds. The van der Waals surface area contributed by atoms with E-state index in [0.717, 1.165) is 12.8 Å². The summed E-state index contributed by atoms with van der Waals surface area (Å²) in [5.41, 5.74) is 0.387. The number of methoxy groups -OCH3 is 2. The van der Waals surface area contributed by atoms with Crippen molar-refractivity contribution in [2.75, 3.05) is 14.2 Å². The van der Waals surface area contributed by atoms with Crippen molar-refractivity contribution in [2.45, 2.75) is 59.5 Å². The Morgan fingerprint density at radius 2 is 1.44 bits per heavy atom. The van der Waals surface area contributed by atoms with E-state index in [9.17, 15) is 9.59 Å². The SMILES string of the molecule is COc1cc(OC)cc(C(=O)NC(C(=O)NC(C)CCC(C)C)C(C)C)c1. The molecule has 1 aromatic carbocycles. The molecule has 1 rings (SSSR count).